The van der Waals surface area contributed by atoms with Crippen molar-refractivity contribution in [1.29, 1.82) is 0 Å². The van der Waals surface area contributed by atoms with E-state index in [1.165, 1.54) is 6.07 Å². The quantitative estimate of drug-likeness (QED) is 0.774. The number of hydrogen-bond donors (Lipinski definition) is 1. The summed E-state index contributed by atoms with van der Waals surface area (Å²) in [5.74, 6) is -2.02. The first kappa shape index (κ1) is 19.1. The molecular weight excluding hydrogens is 381 g/mol. The third-order valence-corrected chi connectivity index (χ3v) is 5.22. The number of amides is 1. The summed E-state index contributed by atoms with van der Waals surface area (Å²) in [6, 6.07) is 8.46. The van der Waals surface area contributed by atoms with Gasteiger partial charge in [0.1, 0.15) is 11.6 Å². The number of piperidine rings is 1. The van der Waals surface area contributed by atoms with Gasteiger partial charge in [-0.15, -0.1) is 0 Å². The minimum atomic E-state index is -0.783. The van der Waals surface area contributed by atoms with E-state index in [1.54, 1.807) is 18.2 Å². The highest BCUT2D eigenvalue weighted by atomic mass is 35.5. The van der Waals surface area contributed by atoms with E-state index in [-0.39, 0.29) is 17.5 Å². The molecule has 1 heterocycles. The van der Waals surface area contributed by atoms with Crippen molar-refractivity contribution in [2.24, 2.45) is 5.92 Å². The van der Waals surface area contributed by atoms with Crippen LogP contribution in [0.15, 0.2) is 36.4 Å². The number of nitrogens with one attached hydrogen (secondary N) is 1. The van der Waals surface area contributed by atoms with Crippen molar-refractivity contribution in [3.05, 3.63) is 63.6 Å². The van der Waals surface area contributed by atoms with E-state index in [4.69, 9.17) is 23.2 Å². The highest BCUT2D eigenvalue weighted by Gasteiger charge is 2.27. The van der Waals surface area contributed by atoms with Gasteiger partial charge in [0.2, 0.25) is 5.91 Å². The second-order valence-electron chi connectivity index (χ2n) is 6.39. The van der Waals surface area contributed by atoms with Crippen molar-refractivity contribution in [2.75, 3.05) is 18.4 Å². The molecule has 1 aliphatic rings. The van der Waals surface area contributed by atoms with Crippen LogP contribution >= 0.6 is 23.2 Å². The normalized spacial score (nSPS) is 17.9. The summed E-state index contributed by atoms with van der Waals surface area (Å²) in [5.41, 5.74) is 0.823. The molecule has 1 saturated heterocycles. The van der Waals surface area contributed by atoms with Crippen LogP contribution in [0.25, 0.3) is 0 Å². The molecular formula is C19H18Cl2F2N2O. The van der Waals surface area contributed by atoms with Gasteiger partial charge in [-0.2, -0.15) is 0 Å². The van der Waals surface area contributed by atoms with Crippen LogP contribution in [0.1, 0.15) is 18.4 Å². The molecule has 0 bridgehead atoms. The molecule has 7 heteroatoms. The Balaban J connectivity index is 1.65. The summed E-state index contributed by atoms with van der Waals surface area (Å²) in [5, 5.41) is 3.74. The molecule has 1 fully saturated rings. The molecule has 0 spiro atoms. The van der Waals surface area contributed by atoms with E-state index in [0.29, 0.717) is 29.6 Å². The Bertz CT molecular complexity index is 796. The number of carbonyl (C=O) groups is 1. The smallest absolute Gasteiger partial charge is 0.228 e. The van der Waals surface area contributed by atoms with Gasteiger partial charge in [-0.3, -0.25) is 9.69 Å². The fraction of sp³-hybridized carbons (Fsp3) is 0.316. The van der Waals surface area contributed by atoms with Crippen molar-refractivity contribution in [3.8, 4) is 0 Å². The third kappa shape index (κ3) is 4.53. The lowest BCUT2D eigenvalue weighted by Crippen LogP contribution is -2.40. The molecule has 1 unspecified atom stereocenters. The maximum Gasteiger partial charge on any atom is 0.228 e. The van der Waals surface area contributed by atoms with Crippen molar-refractivity contribution < 1.29 is 13.6 Å². The van der Waals surface area contributed by atoms with Gasteiger partial charge < -0.3 is 5.32 Å². The number of rotatable bonds is 4. The molecule has 2 aromatic rings. The highest BCUT2D eigenvalue weighted by Crippen LogP contribution is 2.28. The van der Waals surface area contributed by atoms with Crippen LogP contribution < -0.4 is 5.32 Å². The average Bonchev–Trinajstić information content (AvgIpc) is 2.61. The van der Waals surface area contributed by atoms with Gasteiger partial charge in [0.05, 0.1) is 11.6 Å². The molecule has 3 rings (SSSR count). The fourth-order valence-electron chi connectivity index (χ4n) is 3.15. The summed E-state index contributed by atoms with van der Waals surface area (Å²) in [7, 11) is 0. The molecule has 1 atom stereocenters. The first-order chi connectivity index (χ1) is 12.4. The van der Waals surface area contributed by atoms with E-state index in [9.17, 15) is 13.6 Å². The maximum absolute atomic E-state index is 13.7. The van der Waals surface area contributed by atoms with E-state index in [1.807, 2.05) is 0 Å². The molecule has 2 aromatic carbocycles. The number of likely N-dealkylation sites (tertiary alicyclic amines) is 1. The summed E-state index contributed by atoms with van der Waals surface area (Å²) in [4.78, 5) is 14.6. The fourth-order valence-corrected chi connectivity index (χ4v) is 3.66. The molecule has 3 nitrogen and oxygen atoms in total. The lowest BCUT2D eigenvalue weighted by molar-refractivity contribution is -0.121. The Morgan fingerprint density at radius 1 is 1.19 bits per heavy atom. The van der Waals surface area contributed by atoms with E-state index >= 15 is 0 Å². The Hall–Kier alpha value is -1.69. The summed E-state index contributed by atoms with van der Waals surface area (Å²) >= 11 is 12.4. The standard InChI is InChI=1S/C19H18Cl2F2N2O/c20-15-4-1-5-16(21)14(15)11-25-8-2-3-12(10-25)19(26)24-18-7-6-13(22)9-17(18)23/h1,4-7,9,12H,2-3,8,10-11H2,(H,24,26). The number of carbonyl (C=O) groups excluding carboxylic acids is 1. The topological polar surface area (TPSA) is 32.3 Å². The largest absolute Gasteiger partial charge is 0.323 e. The lowest BCUT2D eigenvalue weighted by atomic mass is 9.96. The minimum Gasteiger partial charge on any atom is -0.323 e. The Labute approximate surface area is 160 Å². The van der Waals surface area contributed by atoms with E-state index in [2.05, 4.69) is 10.2 Å². The molecule has 138 valence electrons. The monoisotopic (exact) mass is 398 g/mol. The zero-order valence-corrected chi connectivity index (χ0v) is 15.5. The van der Waals surface area contributed by atoms with Crippen LogP contribution in [0.2, 0.25) is 10.0 Å². The van der Waals surface area contributed by atoms with Crippen LogP contribution in [0.3, 0.4) is 0 Å². The lowest BCUT2D eigenvalue weighted by Gasteiger charge is -2.32. The number of benzene rings is 2. The van der Waals surface area contributed by atoms with Gasteiger partial charge in [0.25, 0.3) is 0 Å². The second-order valence-corrected chi connectivity index (χ2v) is 7.20. The molecule has 0 aliphatic carbocycles. The van der Waals surface area contributed by atoms with Crippen LogP contribution in [-0.4, -0.2) is 23.9 Å². The van der Waals surface area contributed by atoms with E-state index < -0.39 is 11.6 Å². The average molecular weight is 399 g/mol. The van der Waals surface area contributed by atoms with Crippen LogP contribution in [-0.2, 0) is 11.3 Å². The maximum atomic E-state index is 13.7. The summed E-state index contributed by atoms with van der Waals surface area (Å²) < 4.78 is 26.7. The van der Waals surface area contributed by atoms with Crippen molar-refractivity contribution in [2.45, 2.75) is 19.4 Å². The van der Waals surface area contributed by atoms with Crippen molar-refractivity contribution >= 4 is 34.8 Å². The molecule has 0 radical (unpaired) electrons. The van der Waals surface area contributed by atoms with Gasteiger partial charge >= 0.3 is 0 Å². The Morgan fingerprint density at radius 3 is 2.62 bits per heavy atom. The molecule has 0 aromatic heterocycles. The first-order valence-electron chi connectivity index (χ1n) is 8.35. The highest BCUT2D eigenvalue weighted by molar-refractivity contribution is 6.35. The van der Waals surface area contributed by atoms with Gasteiger partial charge in [-0.05, 0) is 43.7 Å². The third-order valence-electron chi connectivity index (χ3n) is 4.51. The number of halogens is 4. The Kier molecular flexibility index (Phi) is 6.12. The van der Waals surface area contributed by atoms with Crippen LogP contribution in [0, 0.1) is 17.6 Å². The summed E-state index contributed by atoms with van der Waals surface area (Å²) in [6.45, 7) is 1.90. The summed E-state index contributed by atoms with van der Waals surface area (Å²) in [6.07, 6.45) is 1.55. The zero-order chi connectivity index (χ0) is 18.7. The van der Waals surface area contributed by atoms with Gasteiger partial charge in [-0.1, -0.05) is 29.3 Å². The van der Waals surface area contributed by atoms with Crippen LogP contribution in [0.5, 0.6) is 0 Å². The molecule has 1 aliphatic heterocycles. The SMILES string of the molecule is O=C(Nc1ccc(F)cc1F)C1CCCN(Cc2c(Cl)cccc2Cl)C1. The van der Waals surface area contributed by atoms with Crippen molar-refractivity contribution in [3.63, 3.8) is 0 Å². The zero-order valence-electron chi connectivity index (χ0n) is 13.9. The van der Waals surface area contributed by atoms with Gasteiger partial charge in [-0.25, -0.2) is 8.78 Å². The van der Waals surface area contributed by atoms with Crippen molar-refractivity contribution in [1.82, 2.24) is 4.90 Å². The second kappa shape index (κ2) is 8.33. The minimum absolute atomic E-state index is 0.0114. The number of hydrogen-bond acceptors (Lipinski definition) is 2. The van der Waals surface area contributed by atoms with Gasteiger partial charge in [0, 0.05) is 34.8 Å². The Morgan fingerprint density at radius 2 is 1.92 bits per heavy atom. The van der Waals surface area contributed by atoms with Gasteiger partial charge in [0.15, 0.2) is 0 Å². The number of anilines is 1. The molecule has 1 amide bonds. The molecule has 0 saturated carbocycles. The first-order valence-corrected chi connectivity index (χ1v) is 9.11. The van der Waals surface area contributed by atoms with Crippen LogP contribution in [0.4, 0.5) is 14.5 Å². The predicted molar refractivity (Wildman–Crippen MR) is 99.5 cm³/mol. The molecule has 26 heavy (non-hydrogen) atoms. The molecule has 1 N–H and O–H groups in total. The number of nitrogens with zero attached hydrogens (tertiary/aromatic N) is 1. The van der Waals surface area contributed by atoms with E-state index in [0.717, 1.165) is 30.7 Å². The predicted octanol–water partition coefficient (Wildman–Crippen LogP) is 5.12.